The van der Waals surface area contributed by atoms with E-state index in [0.29, 0.717) is 24.9 Å². The van der Waals surface area contributed by atoms with Gasteiger partial charge in [0.05, 0.1) is 0 Å². The monoisotopic (exact) mass is 328 g/mol. The lowest BCUT2D eigenvalue weighted by molar-refractivity contribution is -0.122. The first-order chi connectivity index (χ1) is 11.8. The van der Waals surface area contributed by atoms with Gasteiger partial charge in [-0.3, -0.25) is 9.79 Å². The van der Waals surface area contributed by atoms with Crippen molar-refractivity contribution >= 4 is 11.9 Å². The molecular weight excluding hydrogens is 300 g/mol. The highest BCUT2D eigenvalue weighted by Gasteiger charge is 2.37. The first-order valence-corrected chi connectivity index (χ1v) is 9.12. The van der Waals surface area contributed by atoms with Crippen molar-refractivity contribution in [2.45, 2.75) is 32.1 Å². The van der Waals surface area contributed by atoms with E-state index in [-0.39, 0.29) is 11.8 Å². The minimum Gasteiger partial charge on any atom is -0.357 e. The Labute approximate surface area is 144 Å². The van der Waals surface area contributed by atoms with Gasteiger partial charge in [-0.15, -0.1) is 0 Å². The summed E-state index contributed by atoms with van der Waals surface area (Å²) in [5.41, 5.74) is 1.43. The zero-order valence-corrected chi connectivity index (χ0v) is 14.4. The van der Waals surface area contributed by atoms with Crippen LogP contribution in [0, 0.1) is 11.8 Å². The smallest absolute Gasteiger partial charge is 0.223 e. The number of carbonyl (C=O) groups is 1. The highest BCUT2D eigenvalue weighted by molar-refractivity contribution is 5.81. The molecular formula is C19H28N4O. The second-order valence-corrected chi connectivity index (χ2v) is 6.72. The summed E-state index contributed by atoms with van der Waals surface area (Å²) in [6, 6.07) is 10.7. The molecule has 3 rings (SSSR count). The number of rotatable bonds is 8. The van der Waals surface area contributed by atoms with E-state index in [4.69, 9.17) is 4.99 Å². The Balaban J connectivity index is 1.38. The molecule has 1 aromatic carbocycles. The fraction of sp³-hybridized carbons (Fsp3) is 0.579. The number of amides is 1. The number of hydrogen-bond acceptors (Lipinski definition) is 2. The maximum atomic E-state index is 11.6. The minimum absolute atomic E-state index is 0.197. The quantitative estimate of drug-likeness (QED) is 0.388. The van der Waals surface area contributed by atoms with E-state index < -0.39 is 0 Å². The van der Waals surface area contributed by atoms with Crippen molar-refractivity contribution in [2.24, 2.45) is 16.8 Å². The van der Waals surface area contributed by atoms with Crippen LogP contribution in [0.25, 0.3) is 0 Å². The van der Waals surface area contributed by atoms with Crippen LogP contribution in [-0.2, 0) is 4.79 Å². The van der Waals surface area contributed by atoms with Gasteiger partial charge in [-0.1, -0.05) is 30.3 Å². The Morgan fingerprint density at radius 2 is 1.88 bits per heavy atom. The zero-order valence-electron chi connectivity index (χ0n) is 14.4. The van der Waals surface area contributed by atoms with E-state index in [0.717, 1.165) is 31.9 Å². The van der Waals surface area contributed by atoms with E-state index in [1.165, 1.54) is 12.0 Å². The standard InChI is InChI=1S/C19H28N4O/c1-2-20-19(22-11-10-21-18(24)15-8-9-15)23-13-16-12-17(16)14-6-4-3-5-7-14/h3-7,15-17H,2,8-13H2,1H3,(H,21,24)(H2,20,22,23). The molecule has 2 unspecified atom stereocenters. The van der Waals surface area contributed by atoms with Crippen molar-refractivity contribution in [1.82, 2.24) is 16.0 Å². The predicted octanol–water partition coefficient (Wildman–Crippen LogP) is 1.87. The van der Waals surface area contributed by atoms with Gasteiger partial charge in [0.15, 0.2) is 5.96 Å². The summed E-state index contributed by atoms with van der Waals surface area (Å²) in [6.45, 7) is 5.11. The third kappa shape index (κ3) is 4.98. The SMILES string of the molecule is CCNC(=NCC1CC1c1ccccc1)NCCNC(=O)C1CC1. The topological polar surface area (TPSA) is 65.5 Å². The summed E-state index contributed by atoms with van der Waals surface area (Å²) in [7, 11) is 0. The molecule has 5 nitrogen and oxygen atoms in total. The molecule has 1 aromatic rings. The van der Waals surface area contributed by atoms with Crippen molar-refractivity contribution in [1.29, 1.82) is 0 Å². The van der Waals surface area contributed by atoms with Crippen molar-refractivity contribution in [2.75, 3.05) is 26.2 Å². The molecule has 2 aliphatic carbocycles. The summed E-state index contributed by atoms with van der Waals surface area (Å²) in [5.74, 6) is 2.63. The molecule has 0 heterocycles. The zero-order chi connectivity index (χ0) is 16.8. The second kappa shape index (κ2) is 8.18. The first kappa shape index (κ1) is 16.8. The average molecular weight is 328 g/mol. The molecule has 3 N–H and O–H groups in total. The first-order valence-electron chi connectivity index (χ1n) is 9.12. The molecule has 0 bridgehead atoms. The Morgan fingerprint density at radius 1 is 1.12 bits per heavy atom. The van der Waals surface area contributed by atoms with Crippen LogP contribution in [-0.4, -0.2) is 38.0 Å². The minimum atomic E-state index is 0.197. The molecule has 130 valence electrons. The summed E-state index contributed by atoms with van der Waals surface area (Å²) in [6.07, 6.45) is 3.32. The molecule has 2 atom stereocenters. The van der Waals surface area contributed by atoms with Gasteiger partial charge in [-0.25, -0.2) is 0 Å². The summed E-state index contributed by atoms with van der Waals surface area (Å²) < 4.78 is 0. The molecule has 0 spiro atoms. The fourth-order valence-electron chi connectivity index (χ4n) is 2.96. The van der Waals surface area contributed by atoms with Crippen molar-refractivity contribution in [3.63, 3.8) is 0 Å². The van der Waals surface area contributed by atoms with Gasteiger partial charge >= 0.3 is 0 Å². The summed E-state index contributed by atoms with van der Waals surface area (Å²) >= 11 is 0. The molecule has 0 radical (unpaired) electrons. The molecule has 2 aliphatic rings. The van der Waals surface area contributed by atoms with Crippen LogP contribution in [0.2, 0.25) is 0 Å². The van der Waals surface area contributed by atoms with Gasteiger partial charge in [0.2, 0.25) is 5.91 Å². The lowest BCUT2D eigenvalue weighted by atomic mass is 10.1. The van der Waals surface area contributed by atoms with E-state index in [9.17, 15) is 4.79 Å². The van der Waals surface area contributed by atoms with Crippen LogP contribution in [0.1, 0.15) is 37.7 Å². The van der Waals surface area contributed by atoms with Crippen molar-refractivity contribution in [3.8, 4) is 0 Å². The number of aliphatic imine (C=N–C) groups is 1. The van der Waals surface area contributed by atoms with Crippen molar-refractivity contribution < 1.29 is 4.79 Å². The van der Waals surface area contributed by atoms with Crippen LogP contribution in [0.5, 0.6) is 0 Å². The molecule has 5 heteroatoms. The van der Waals surface area contributed by atoms with Crippen LogP contribution in [0.15, 0.2) is 35.3 Å². The highest BCUT2D eigenvalue weighted by Crippen LogP contribution is 2.47. The molecule has 0 saturated heterocycles. The molecule has 1 amide bonds. The average Bonchev–Trinajstić information content (AvgIpc) is 3.50. The van der Waals surface area contributed by atoms with Gasteiger partial charge < -0.3 is 16.0 Å². The number of benzene rings is 1. The van der Waals surface area contributed by atoms with Gasteiger partial charge in [-0.05, 0) is 43.6 Å². The normalized spacial score (nSPS) is 22.8. The number of hydrogen-bond donors (Lipinski definition) is 3. The fourth-order valence-corrected chi connectivity index (χ4v) is 2.96. The third-order valence-electron chi connectivity index (χ3n) is 4.64. The molecule has 24 heavy (non-hydrogen) atoms. The molecule has 0 aliphatic heterocycles. The van der Waals surface area contributed by atoms with E-state index in [1.54, 1.807) is 0 Å². The lowest BCUT2D eigenvalue weighted by Crippen LogP contribution is -2.41. The Morgan fingerprint density at radius 3 is 2.58 bits per heavy atom. The van der Waals surface area contributed by atoms with E-state index in [1.807, 2.05) is 0 Å². The van der Waals surface area contributed by atoms with Gasteiger partial charge in [0, 0.05) is 32.1 Å². The number of nitrogens with zero attached hydrogens (tertiary/aromatic N) is 1. The van der Waals surface area contributed by atoms with Crippen LogP contribution < -0.4 is 16.0 Å². The number of carbonyl (C=O) groups excluding carboxylic acids is 1. The predicted molar refractivity (Wildman–Crippen MR) is 97.0 cm³/mol. The number of nitrogens with one attached hydrogen (secondary N) is 3. The van der Waals surface area contributed by atoms with Gasteiger partial charge in [0.25, 0.3) is 0 Å². The van der Waals surface area contributed by atoms with Crippen LogP contribution >= 0.6 is 0 Å². The highest BCUT2D eigenvalue weighted by atomic mass is 16.2. The summed E-state index contributed by atoms with van der Waals surface area (Å²) in [5, 5.41) is 9.53. The molecule has 2 fully saturated rings. The van der Waals surface area contributed by atoms with E-state index in [2.05, 4.69) is 53.2 Å². The largest absolute Gasteiger partial charge is 0.357 e. The third-order valence-corrected chi connectivity index (χ3v) is 4.64. The van der Waals surface area contributed by atoms with Crippen LogP contribution in [0.4, 0.5) is 0 Å². The number of guanidine groups is 1. The Kier molecular flexibility index (Phi) is 5.72. The maximum Gasteiger partial charge on any atom is 0.223 e. The van der Waals surface area contributed by atoms with Gasteiger partial charge in [0.1, 0.15) is 0 Å². The summed E-state index contributed by atoms with van der Waals surface area (Å²) in [4.78, 5) is 16.3. The molecule has 0 aromatic heterocycles. The van der Waals surface area contributed by atoms with Gasteiger partial charge in [-0.2, -0.15) is 0 Å². The van der Waals surface area contributed by atoms with Crippen molar-refractivity contribution in [3.05, 3.63) is 35.9 Å². The maximum absolute atomic E-state index is 11.6. The molecule has 2 saturated carbocycles. The Bertz CT molecular complexity index is 568. The lowest BCUT2D eigenvalue weighted by Gasteiger charge is -2.11. The second-order valence-electron chi connectivity index (χ2n) is 6.72. The van der Waals surface area contributed by atoms with Crippen LogP contribution in [0.3, 0.4) is 0 Å². The van der Waals surface area contributed by atoms with E-state index >= 15 is 0 Å². The Hall–Kier alpha value is -2.04.